The van der Waals surface area contributed by atoms with E-state index in [1.165, 1.54) is 6.42 Å². The molecule has 0 radical (unpaired) electrons. The van der Waals surface area contributed by atoms with E-state index in [0.717, 1.165) is 25.7 Å². The number of hydrogen-bond acceptors (Lipinski definition) is 6. The average molecular weight is 336 g/mol. The number of ether oxygens (including phenoxy) is 2. The van der Waals surface area contributed by atoms with Crippen LogP contribution >= 0.6 is 0 Å². The molecule has 2 N–H and O–H groups in total. The molecule has 24 heavy (non-hydrogen) atoms. The zero-order valence-corrected chi connectivity index (χ0v) is 13.9. The van der Waals surface area contributed by atoms with Crippen LogP contribution in [0.15, 0.2) is 27.4 Å². The second kappa shape index (κ2) is 9.17. The summed E-state index contributed by atoms with van der Waals surface area (Å²) in [5, 5.41) is 19.6. The predicted molar refractivity (Wildman–Crippen MR) is 91.0 cm³/mol. The molecule has 1 aromatic carbocycles. The van der Waals surface area contributed by atoms with E-state index in [2.05, 4.69) is 6.92 Å². The maximum atomic E-state index is 12.0. The lowest BCUT2D eigenvalue weighted by Gasteiger charge is -2.11. The lowest BCUT2D eigenvalue weighted by molar-refractivity contribution is 0.202. The van der Waals surface area contributed by atoms with Gasteiger partial charge in [-0.2, -0.15) is 0 Å². The summed E-state index contributed by atoms with van der Waals surface area (Å²) in [5.41, 5.74) is -0.504. The third-order valence-electron chi connectivity index (χ3n) is 3.67. The van der Waals surface area contributed by atoms with Crippen LogP contribution < -0.4 is 15.1 Å². The highest BCUT2D eigenvalue weighted by molar-refractivity contribution is 5.91. The summed E-state index contributed by atoms with van der Waals surface area (Å²) in [6.45, 7) is 2.40. The van der Waals surface area contributed by atoms with Gasteiger partial charge in [0.25, 0.3) is 0 Å². The minimum absolute atomic E-state index is 0.0747. The molecule has 0 amide bonds. The van der Waals surface area contributed by atoms with E-state index in [-0.39, 0.29) is 35.7 Å². The normalized spacial score (nSPS) is 10.9. The molecule has 1 heterocycles. The Balaban J connectivity index is 2.19. The van der Waals surface area contributed by atoms with Crippen molar-refractivity contribution < 1.29 is 24.1 Å². The molecule has 0 aliphatic rings. The van der Waals surface area contributed by atoms with Crippen LogP contribution in [0.4, 0.5) is 0 Å². The Hall–Kier alpha value is -2.21. The number of hydrogen-bond donors (Lipinski definition) is 2. The first-order valence-corrected chi connectivity index (χ1v) is 8.34. The van der Waals surface area contributed by atoms with E-state index < -0.39 is 5.63 Å². The molecular weight excluding hydrogens is 312 g/mol. The third kappa shape index (κ3) is 4.41. The van der Waals surface area contributed by atoms with E-state index in [9.17, 15) is 9.90 Å². The summed E-state index contributed by atoms with van der Waals surface area (Å²) in [5.74, 6) is -0.156. The molecule has 2 rings (SSSR count). The minimum Gasteiger partial charge on any atom is -0.503 e. The summed E-state index contributed by atoms with van der Waals surface area (Å²) >= 11 is 0. The summed E-state index contributed by atoms with van der Waals surface area (Å²) in [6, 6.07) is 4.84. The summed E-state index contributed by atoms with van der Waals surface area (Å²) < 4.78 is 16.0. The molecule has 6 heteroatoms. The number of benzene rings is 1. The summed E-state index contributed by atoms with van der Waals surface area (Å²) in [7, 11) is 0. The van der Waals surface area contributed by atoms with Gasteiger partial charge in [-0.15, -0.1) is 0 Å². The molecule has 0 aliphatic carbocycles. The van der Waals surface area contributed by atoms with Gasteiger partial charge in [0, 0.05) is 0 Å². The van der Waals surface area contributed by atoms with Crippen molar-refractivity contribution in [3.63, 3.8) is 0 Å². The molecule has 0 saturated heterocycles. The van der Waals surface area contributed by atoms with Crippen molar-refractivity contribution in [1.82, 2.24) is 0 Å². The Morgan fingerprint density at radius 1 is 1.08 bits per heavy atom. The van der Waals surface area contributed by atoms with E-state index in [0.29, 0.717) is 12.4 Å². The first kappa shape index (κ1) is 18.1. The number of aliphatic hydroxyl groups is 1. The highest BCUT2D eigenvalue weighted by Crippen LogP contribution is 2.37. The lowest BCUT2D eigenvalue weighted by atomic mass is 10.1. The maximum Gasteiger partial charge on any atom is 0.383 e. The standard InChI is InChI=1S/C18H24O6/c1-2-3-4-5-6-11-23-17-16(20)15-13(22-12-10-19)8-7-9-14(15)24-18(17)21/h7-9,19-20H,2-6,10-12H2,1H3. The van der Waals surface area contributed by atoms with Gasteiger partial charge in [-0.25, -0.2) is 4.79 Å². The van der Waals surface area contributed by atoms with Gasteiger partial charge < -0.3 is 24.1 Å². The zero-order chi connectivity index (χ0) is 17.4. The van der Waals surface area contributed by atoms with Crippen LogP contribution in [0.5, 0.6) is 17.2 Å². The highest BCUT2D eigenvalue weighted by Gasteiger charge is 2.18. The molecule has 132 valence electrons. The van der Waals surface area contributed by atoms with Gasteiger partial charge in [0.15, 0.2) is 5.75 Å². The Labute approximate surface area is 140 Å². The van der Waals surface area contributed by atoms with Crippen molar-refractivity contribution in [3.05, 3.63) is 28.6 Å². The predicted octanol–water partition coefficient (Wildman–Crippen LogP) is 3.22. The van der Waals surface area contributed by atoms with E-state index in [4.69, 9.17) is 19.0 Å². The largest absolute Gasteiger partial charge is 0.503 e. The van der Waals surface area contributed by atoms with Crippen LogP contribution in [-0.4, -0.2) is 30.0 Å². The summed E-state index contributed by atoms with van der Waals surface area (Å²) in [4.78, 5) is 12.0. The average Bonchev–Trinajstić information content (AvgIpc) is 2.58. The fraction of sp³-hybridized carbons (Fsp3) is 0.500. The molecule has 6 nitrogen and oxygen atoms in total. The Bertz CT molecular complexity index is 706. The SMILES string of the molecule is CCCCCCCOc1c(O)c2c(OCCO)cccc2oc1=O. The summed E-state index contributed by atoms with van der Waals surface area (Å²) in [6.07, 6.45) is 5.27. The van der Waals surface area contributed by atoms with Crippen molar-refractivity contribution in [2.75, 3.05) is 19.8 Å². The fourth-order valence-electron chi connectivity index (χ4n) is 2.47. The van der Waals surface area contributed by atoms with Crippen molar-refractivity contribution in [2.24, 2.45) is 0 Å². The quantitative estimate of drug-likeness (QED) is 0.511. The van der Waals surface area contributed by atoms with E-state index in [1.807, 2.05) is 0 Å². The minimum atomic E-state index is -0.715. The Kier molecular flexibility index (Phi) is 6.93. The van der Waals surface area contributed by atoms with Gasteiger partial charge in [-0.3, -0.25) is 0 Å². The second-order valence-corrected chi connectivity index (χ2v) is 5.53. The second-order valence-electron chi connectivity index (χ2n) is 5.53. The lowest BCUT2D eigenvalue weighted by Crippen LogP contribution is -2.09. The van der Waals surface area contributed by atoms with Crippen molar-refractivity contribution in [1.29, 1.82) is 0 Å². The molecular formula is C18H24O6. The fourth-order valence-corrected chi connectivity index (χ4v) is 2.47. The monoisotopic (exact) mass is 336 g/mol. The Morgan fingerprint density at radius 2 is 1.88 bits per heavy atom. The van der Waals surface area contributed by atoms with Crippen LogP contribution in [0.3, 0.4) is 0 Å². The van der Waals surface area contributed by atoms with Crippen molar-refractivity contribution in [3.8, 4) is 17.2 Å². The van der Waals surface area contributed by atoms with Gasteiger partial charge in [0.05, 0.1) is 13.2 Å². The van der Waals surface area contributed by atoms with Crippen LogP contribution in [0.2, 0.25) is 0 Å². The molecule has 0 unspecified atom stereocenters. The molecule has 0 aliphatic heterocycles. The van der Waals surface area contributed by atoms with Crippen molar-refractivity contribution >= 4 is 11.0 Å². The zero-order valence-electron chi connectivity index (χ0n) is 13.9. The topological polar surface area (TPSA) is 89.1 Å². The highest BCUT2D eigenvalue weighted by atomic mass is 16.5. The van der Waals surface area contributed by atoms with E-state index >= 15 is 0 Å². The maximum absolute atomic E-state index is 12.0. The number of aromatic hydroxyl groups is 1. The molecule has 0 saturated carbocycles. The third-order valence-corrected chi connectivity index (χ3v) is 3.67. The van der Waals surface area contributed by atoms with Gasteiger partial charge in [0.1, 0.15) is 23.3 Å². The van der Waals surface area contributed by atoms with Gasteiger partial charge in [0.2, 0.25) is 5.75 Å². The molecule has 1 aromatic heterocycles. The van der Waals surface area contributed by atoms with Crippen LogP contribution in [0, 0.1) is 0 Å². The molecule has 0 bridgehead atoms. The number of unbranched alkanes of at least 4 members (excludes halogenated alkanes) is 4. The van der Waals surface area contributed by atoms with Gasteiger partial charge in [-0.1, -0.05) is 38.7 Å². The number of aliphatic hydroxyl groups excluding tert-OH is 1. The molecule has 0 atom stereocenters. The smallest absolute Gasteiger partial charge is 0.383 e. The van der Waals surface area contributed by atoms with Crippen molar-refractivity contribution in [2.45, 2.75) is 39.0 Å². The van der Waals surface area contributed by atoms with Crippen LogP contribution in [-0.2, 0) is 0 Å². The molecule has 2 aromatic rings. The molecule has 0 fully saturated rings. The van der Waals surface area contributed by atoms with Crippen LogP contribution in [0.25, 0.3) is 11.0 Å². The first-order valence-electron chi connectivity index (χ1n) is 8.34. The number of rotatable bonds is 10. The van der Waals surface area contributed by atoms with E-state index in [1.54, 1.807) is 18.2 Å². The van der Waals surface area contributed by atoms with Gasteiger partial charge in [-0.05, 0) is 18.6 Å². The molecule has 0 spiro atoms. The van der Waals surface area contributed by atoms with Gasteiger partial charge >= 0.3 is 5.63 Å². The Morgan fingerprint density at radius 3 is 2.62 bits per heavy atom. The van der Waals surface area contributed by atoms with Crippen LogP contribution in [0.1, 0.15) is 39.0 Å². The first-order chi connectivity index (χ1) is 11.7. The number of fused-ring (bicyclic) bond motifs is 1.